The smallest absolute Gasteiger partial charge is 0.126 e. The summed E-state index contributed by atoms with van der Waals surface area (Å²) in [6.07, 6.45) is 5.38. The Balaban J connectivity index is 2.36. The van der Waals surface area contributed by atoms with Gasteiger partial charge in [0, 0.05) is 17.6 Å². The van der Waals surface area contributed by atoms with Crippen LogP contribution in [0.15, 0.2) is 18.2 Å². The number of nitrogens with two attached hydrogens (primary N) is 1. The second kappa shape index (κ2) is 5.55. The topological polar surface area (TPSA) is 29.3 Å². The lowest BCUT2D eigenvalue weighted by molar-refractivity contribution is 0.0711. The van der Waals surface area contributed by atoms with Crippen LogP contribution >= 0.6 is 0 Å². The quantitative estimate of drug-likeness (QED) is 0.912. The highest BCUT2D eigenvalue weighted by Crippen LogP contribution is 2.40. The molecule has 1 aliphatic rings. The van der Waals surface area contributed by atoms with E-state index >= 15 is 0 Å². The van der Waals surface area contributed by atoms with Crippen molar-refractivity contribution < 1.29 is 8.78 Å². The summed E-state index contributed by atoms with van der Waals surface area (Å²) in [6.45, 7) is 0. The molecule has 0 aliphatic heterocycles. The fourth-order valence-electron chi connectivity index (χ4n) is 3.27. The Bertz CT molecular complexity index is 420. The Morgan fingerprint density at radius 3 is 2.05 bits per heavy atom. The molecular weight excluding hydrogens is 246 g/mol. The molecule has 106 valence electrons. The first kappa shape index (κ1) is 14.4. The third kappa shape index (κ3) is 2.79. The van der Waals surface area contributed by atoms with Crippen LogP contribution < -0.4 is 5.73 Å². The summed E-state index contributed by atoms with van der Waals surface area (Å²) in [4.78, 5) is 2.12. The lowest BCUT2D eigenvalue weighted by atomic mass is 9.73. The molecule has 19 heavy (non-hydrogen) atoms. The Kier molecular flexibility index (Phi) is 4.21. The first-order chi connectivity index (χ1) is 8.95. The SMILES string of the molecule is CN(C)C1(C(N)c2cc(F)cc(F)c2)CCCCC1. The predicted molar refractivity (Wildman–Crippen MR) is 72.8 cm³/mol. The Morgan fingerprint density at radius 1 is 1.05 bits per heavy atom. The van der Waals surface area contributed by atoms with E-state index in [9.17, 15) is 8.78 Å². The standard InChI is InChI=1S/C15H22F2N2/c1-19(2)15(6-4-3-5-7-15)14(18)11-8-12(16)10-13(17)9-11/h8-10,14H,3-7,18H2,1-2H3. The fraction of sp³-hybridized carbons (Fsp3) is 0.600. The fourth-order valence-corrected chi connectivity index (χ4v) is 3.27. The van der Waals surface area contributed by atoms with Crippen molar-refractivity contribution in [3.8, 4) is 0 Å². The molecule has 0 heterocycles. The molecule has 1 aromatic rings. The summed E-state index contributed by atoms with van der Waals surface area (Å²) in [5.74, 6) is -1.12. The highest BCUT2D eigenvalue weighted by Gasteiger charge is 2.40. The zero-order chi connectivity index (χ0) is 14.0. The second-order valence-electron chi connectivity index (χ2n) is 5.74. The average molecular weight is 268 g/mol. The largest absolute Gasteiger partial charge is 0.322 e. The molecule has 0 aromatic heterocycles. The van der Waals surface area contributed by atoms with Gasteiger partial charge in [0.2, 0.25) is 0 Å². The highest BCUT2D eigenvalue weighted by atomic mass is 19.1. The van der Waals surface area contributed by atoms with Crippen molar-refractivity contribution in [2.45, 2.75) is 43.7 Å². The number of rotatable bonds is 3. The van der Waals surface area contributed by atoms with Gasteiger partial charge in [0.15, 0.2) is 0 Å². The molecular formula is C15H22F2N2. The Morgan fingerprint density at radius 2 is 1.58 bits per heavy atom. The van der Waals surface area contributed by atoms with Gasteiger partial charge in [-0.05, 0) is 44.6 Å². The van der Waals surface area contributed by atoms with E-state index in [-0.39, 0.29) is 11.6 Å². The summed E-state index contributed by atoms with van der Waals surface area (Å²) in [5, 5.41) is 0. The Hall–Kier alpha value is -1.00. The monoisotopic (exact) mass is 268 g/mol. The average Bonchev–Trinajstić information content (AvgIpc) is 2.37. The molecule has 1 atom stereocenters. The van der Waals surface area contributed by atoms with Crippen molar-refractivity contribution in [1.82, 2.24) is 4.90 Å². The van der Waals surface area contributed by atoms with E-state index in [1.165, 1.54) is 18.6 Å². The van der Waals surface area contributed by atoms with Gasteiger partial charge in [0.25, 0.3) is 0 Å². The number of hydrogen-bond donors (Lipinski definition) is 1. The molecule has 0 bridgehead atoms. The third-order valence-electron chi connectivity index (χ3n) is 4.43. The van der Waals surface area contributed by atoms with E-state index in [0.717, 1.165) is 31.7 Å². The molecule has 1 saturated carbocycles. The van der Waals surface area contributed by atoms with Crippen molar-refractivity contribution in [3.63, 3.8) is 0 Å². The van der Waals surface area contributed by atoms with Crippen molar-refractivity contribution in [3.05, 3.63) is 35.4 Å². The van der Waals surface area contributed by atoms with Crippen LogP contribution in [0.25, 0.3) is 0 Å². The van der Waals surface area contributed by atoms with E-state index in [1.54, 1.807) is 0 Å². The van der Waals surface area contributed by atoms with Crippen LogP contribution in [0.1, 0.15) is 43.7 Å². The molecule has 0 saturated heterocycles. The minimum absolute atomic E-state index is 0.196. The third-order valence-corrected chi connectivity index (χ3v) is 4.43. The molecule has 0 amide bonds. The van der Waals surface area contributed by atoms with Gasteiger partial charge in [0.05, 0.1) is 0 Å². The minimum atomic E-state index is -0.560. The van der Waals surface area contributed by atoms with Crippen molar-refractivity contribution >= 4 is 0 Å². The van der Waals surface area contributed by atoms with Gasteiger partial charge in [-0.15, -0.1) is 0 Å². The maximum absolute atomic E-state index is 13.4. The molecule has 4 heteroatoms. The van der Waals surface area contributed by atoms with Gasteiger partial charge in [-0.3, -0.25) is 0 Å². The molecule has 1 aliphatic carbocycles. The van der Waals surface area contributed by atoms with E-state index < -0.39 is 11.6 Å². The molecule has 1 fully saturated rings. The van der Waals surface area contributed by atoms with Crippen molar-refractivity contribution in [2.24, 2.45) is 5.73 Å². The predicted octanol–water partition coefficient (Wildman–Crippen LogP) is 3.23. The molecule has 0 radical (unpaired) electrons. The van der Waals surface area contributed by atoms with E-state index in [1.807, 2.05) is 14.1 Å². The van der Waals surface area contributed by atoms with E-state index in [0.29, 0.717) is 5.56 Å². The highest BCUT2D eigenvalue weighted by molar-refractivity contribution is 5.25. The molecule has 2 N–H and O–H groups in total. The minimum Gasteiger partial charge on any atom is -0.322 e. The zero-order valence-corrected chi connectivity index (χ0v) is 11.6. The van der Waals surface area contributed by atoms with Gasteiger partial charge >= 0.3 is 0 Å². The molecule has 2 rings (SSSR count). The number of likely N-dealkylation sites (N-methyl/N-ethyl adjacent to an activating group) is 1. The Labute approximate surface area is 113 Å². The summed E-state index contributed by atoms with van der Waals surface area (Å²) in [6, 6.07) is 3.23. The van der Waals surface area contributed by atoms with Crippen molar-refractivity contribution in [2.75, 3.05) is 14.1 Å². The molecule has 1 aromatic carbocycles. The first-order valence-electron chi connectivity index (χ1n) is 6.85. The number of halogens is 2. The summed E-state index contributed by atoms with van der Waals surface area (Å²) >= 11 is 0. The molecule has 2 nitrogen and oxygen atoms in total. The summed E-state index contributed by atoms with van der Waals surface area (Å²) in [5.41, 5.74) is 6.72. The number of nitrogens with zero attached hydrogens (tertiary/aromatic N) is 1. The van der Waals surface area contributed by atoms with Gasteiger partial charge in [-0.25, -0.2) is 8.78 Å². The van der Waals surface area contributed by atoms with Gasteiger partial charge < -0.3 is 10.6 Å². The van der Waals surface area contributed by atoms with Gasteiger partial charge in [-0.2, -0.15) is 0 Å². The zero-order valence-electron chi connectivity index (χ0n) is 11.6. The van der Waals surface area contributed by atoms with Crippen LogP contribution in [-0.2, 0) is 0 Å². The second-order valence-corrected chi connectivity index (χ2v) is 5.74. The van der Waals surface area contributed by atoms with Crippen LogP contribution in [0.3, 0.4) is 0 Å². The lowest BCUT2D eigenvalue weighted by Crippen LogP contribution is -2.53. The maximum Gasteiger partial charge on any atom is 0.126 e. The molecule has 0 spiro atoms. The van der Waals surface area contributed by atoms with Crippen LogP contribution in [0, 0.1) is 11.6 Å². The van der Waals surface area contributed by atoms with Crippen LogP contribution in [-0.4, -0.2) is 24.5 Å². The van der Waals surface area contributed by atoms with Gasteiger partial charge in [0.1, 0.15) is 11.6 Å². The number of hydrogen-bond acceptors (Lipinski definition) is 2. The van der Waals surface area contributed by atoms with Crippen molar-refractivity contribution in [1.29, 1.82) is 0 Å². The van der Waals surface area contributed by atoms with E-state index in [4.69, 9.17) is 5.73 Å². The van der Waals surface area contributed by atoms with Gasteiger partial charge in [-0.1, -0.05) is 19.3 Å². The normalized spacial score (nSPS) is 20.5. The maximum atomic E-state index is 13.4. The van der Waals surface area contributed by atoms with E-state index in [2.05, 4.69) is 4.90 Å². The summed E-state index contributed by atoms with van der Waals surface area (Å²) < 4.78 is 26.7. The lowest BCUT2D eigenvalue weighted by Gasteiger charge is -2.47. The van der Waals surface area contributed by atoms with Crippen LogP contribution in [0.4, 0.5) is 8.78 Å². The van der Waals surface area contributed by atoms with Crippen LogP contribution in [0.5, 0.6) is 0 Å². The molecule has 1 unspecified atom stereocenters. The summed E-state index contributed by atoms with van der Waals surface area (Å²) in [7, 11) is 4.00. The van der Waals surface area contributed by atoms with Crippen LogP contribution in [0.2, 0.25) is 0 Å². The number of benzene rings is 1. The first-order valence-corrected chi connectivity index (χ1v) is 6.85.